The van der Waals surface area contributed by atoms with Crippen molar-refractivity contribution in [1.29, 1.82) is 0 Å². The van der Waals surface area contributed by atoms with E-state index in [4.69, 9.17) is 0 Å². The number of ketones is 1. The summed E-state index contributed by atoms with van der Waals surface area (Å²) in [7, 11) is 0. The van der Waals surface area contributed by atoms with Crippen LogP contribution in [0.3, 0.4) is 0 Å². The number of carbonyl (C=O) groups excluding carboxylic acids is 1. The van der Waals surface area contributed by atoms with Gasteiger partial charge in [0.2, 0.25) is 0 Å². The van der Waals surface area contributed by atoms with E-state index in [9.17, 15) is 4.79 Å². The Kier molecular flexibility index (Phi) is 3.69. The number of Topliss-reactive ketones (excluding diaryl/α,β-unsaturated/α-hetero) is 1. The molecule has 0 aromatic heterocycles. The van der Waals surface area contributed by atoms with Gasteiger partial charge in [-0.1, -0.05) is 37.3 Å². The van der Waals surface area contributed by atoms with E-state index in [1.165, 1.54) is 5.56 Å². The van der Waals surface area contributed by atoms with Gasteiger partial charge in [-0.15, -0.1) is 0 Å². The molecule has 1 aromatic rings. The summed E-state index contributed by atoms with van der Waals surface area (Å²) in [5.41, 5.74) is 1.32. The smallest absolute Gasteiger partial charge is 0.132 e. The molecule has 0 fully saturated rings. The topological polar surface area (TPSA) is 17.1 Å². The fraction of sp³-hybridized carbons (Fsp3) is 0.417. The molecule has 0 spiro atoms. The fourth-order valence-electron chi connectivity index (χ4n) is 1.23. The minimum atomic E-state index is 0.195. The first-order chi connectivity index (χ1) is 6.20. The summed E-state index contributed by atoms with van der Waals surface area (Å²) in [6.45, 7) is 3.65. The average molecular weight is 176 g/mol. The van der Waals surface area contributed by atoms with E-state index in [0.29, 0.717) is 0 Å². The van der Waals surface area contributed by atoms with Crippen LogP contribution in [0.2, 0.25) is 0 Å². The summed E-state index contributed by atoms with van der Waals surface area (Å²) >= 11 is 0. The van der Waals surface area contributed by atoms with E-state index in [2.05, 4.69) is 12.1 Å². The number of benzene rings is 1. The highest BCUT2D eigenvalue weighted by molar-refractivity contribution is 5.77. The number of rotatable bonds is 4. The van der Waals surface area contributed by atoms with Crippen LogP contribution in [0.1, 0.15) is 25.8 Å². The molecule has 1 heteroatoms. The van der Waals surface area contributed by atoms with Crippen LogP contribution in [-0.2, 0) is 11.2 Å². The Morgan fingerprint density at radius 2 is 1.92 bits per heavy atom. The molecule has 0 aliphatic rings. The summed E-state index contributed by atoms with van der Waals surface area (Å²) in [4.78, 5) is 11.0. The molecule has 0 amide bonds. The molecule has 0 radical (unpaired) electrons. The van der Waals surface area contributed by atoms with Crippen LogP contribution in [0.4, 0.5) is 0 Å². The predicted molar refractivity (Wildman–Crippen MR) is 54.6 cm³/mol. The molecule has 13 heavy (non-hydrogen) atoms. The first-order valence-corrected chi connectivity index (χ1v) is 4.74. The van der Waals surface area contributed by atoms with Crippen LogP contribution < -0.4 is 0 Å². The van der Waals surface area contributed by atoms with Gasteiger partial charge in [-0.3, -0.25) is 4.79 Å². The van der Waals surface area contributed by atoms with Crippen LogP contribution in [0, 0.1) is 5.92 Å². The summed E-state index contributed by atoms with van der Waals surface area (Å²) in [5, 5.41) is 0. The van der Waals surface area contributed by atoms with Gasteiger partial charge in [-0.2, -0.15) is 0 Å². The maximum atomic E-state index is 11.0. The standard InChI is InChI=1S/C12H16O/c1-10(11(2)13)8-9-12-6-4-3-5-7-12/h3-7,10H,8-9H2,1-2H3. The third-order valence-corrected chi connectivity index (χ3v) is 2.40. The molecule has 0 saturated heterocycles. The molecule has 0 saturated carbocycles. The summed E-state index contributed by atoms with van der Waals surface area (Å²) in [5.74, 6) is 0.483. The van der Waals surface area contributed by atoms with Crippen LogP contribution in [0.15, 0.2) is 30.3 Å². The van der Waals surface area contributed by atoms with Gasteiger partial charge >= 0.3 is 0 Å². The SMILES string of the molecule is CC(=O)C(C)CCc1ccccc1. The molecule has 0 heterocycles. The van der Waals surface area contributed by atoms with E-state index < -0.39 is 0 Å². The van der Waals surface area contributed by atoms with Gasteiger partial charge < -0.3 is 0 Å². The number of carbonyl (C=O) groups is 1. The second-order valence-electron chi connectivity index (χ2n) is 3.54. The molecule has 1 aromatic carbocycles. The van der Waals surface area contributed by atoms with Gasteiger partial charge in [0.1, 0.15) is 5.78 Å². The first-order valence-electron chi connectivity index (χ1n) is 4.74. The Balaban J connectivity index is 2.39. The van der Waals surface area contributed by atoms with E-state index in [-0.39, 0.29) is 11.7 Å². The largest absolute Gasteiger partial charge is 0.300 e. The minimum Gasteiger partial charge on any atom is -0.300 e. The van der Waals surface area contributed by atoms with Gasteiger partial charge in [-0.05, 0) is 25.3 Å². The Labute approximate surface area is 79.8 Å². The maximum absolute atomic E-state index is 11.0. The van der Waals surface area contributed by atoms with Crippen molar-refractivity contribution >= 4 is 5.78 Å². The molecule has 0 aliphatic carbocycles. The van der Waals surface area contributed by atoms with Crippen LogP contribution >= 0.6 is 0 Å². The van der Waals surface area contributed by atoms with Crippen molar-refractivity contribution in [3.8, 4) is 0 Å². The van der Waals surface area contributed by atoms with Gasteiger partial charge in [0.05, 0.1) is 0 Å². The van der Waals surface area contributed by atoms with Gasteiger partial charge in [-0.25, -0.2) is 0 Å². The highest BCUT2D eigenvalue weighted by Gasteiger charge is 2.06. The van der Waals surface area contributed by atoms with Crippen molar-refractivity contribution in [3.05, 3.63) is 35.9 Å². The molecule has 1 rings (SSSR count). The number of hydrogen-bond acceptors (Lipinski definition) is 1. The molecule has 0 bridgehead atoms. The minimum absolute atomic E-state index is 0.195. The third kappa shape index (κ3) is 3.41. The Morgan fingerprint density at radius 3 is 2.46 bits per heavy atom. The normalized spacial score (nSPS) is 12.5. The lowest BCUT2D eigenvalue weighted by atomic mass is 9.98. The molecule has 1 nitrogen and oxygen atoms in total. The van der Waals surface area contributed by atoms with E-state index in [1.807, 2.05) is 25.1 Å². The predicted octanol–water partition coefficient (Wildman–Crippen LogP) is 2.84. The van der Waals surface area contributed by atoms with Crippen LogP contribution in [0.25, 0.3) is 0 Å². The quantitative estimate of drug-likeness (QED) is 0.689. The molecule has 1 unspecified atom stereocenters. The second kappa shape index (κ2) is 4.80. The second-order valence-corrected chi connectivity index (χ2v) is 3.54. The highest BCUT2D eigenvalue weighted by atomic mass is 16.1. The van der Waals surface area contributed by atoms with Crippen molar-refractivity contribution in [2.24, 2.45) is 5.92 Å². The Morgan fingerprint density at radius 1 is 1.31 bits per heavy atom. The van der Waals surface area contributed by atoms with Gasteiger partial charge in [0, 0.05) is 5.92 Å². The molecular formula is C12H16O. The van der Waals surface area contributed by atoms with Crippen molar-refractivity contribution in [3.63, 3.8) is 0 Å². The van der Waals surface area contributed by atoms with Gasteiger partial charge in [0.25, 0.3) is 0 Å². The van der Waals surface area contributed by atoms with Crippen LogP contribution in [0.5, 0.6) is 0 Å². The van der Waals surface area contributed by atoms with Crippen molar-refractivity contribution < 1.29 is 4.79 Å². The lowest BCUT2D eigenvalue weighted by molar-refractivity contribution is -0.120. The number of hydrogen-bond donors (Lipinski definition) is 0. The fourth-order valence-corrected chi connectivity index (χ4v) is 1.23. The maximum Gasteiger partial charge on any atom is 0.132 e. The third-order valence-electron chi connectivity index (χ3n) is 2.40. The summed E-state index contributed by atoms with van der Waals surface area (Å²) in [6.07, 6.45) is 1.96. The van der Waals surface area contributed by atoms with E-state index >= 15 is 0 Å². The Bertz CT molecular complexity index is 264. The zero-order valence-electron chi connectivity index (χ0n) is 8.29. The van der Waals surface area contributed by atoms with E-state index in [1.54, 1.807) is 6.92 Å². The molecule has 1 atom stereocenters. The number of aryl methyl sites for hydroxylation is 1. The molecule has 70 valence electrons. The zero-order valence-corrected chi connectivity index (χ0v) is 8.29. The summed E-state index contributed by atoms with van der Waals surface area (Å²) in [6, 6.07) is 10.3. The van der Waals surface area contributed by atoms with Crippen molar-refractivity contribution in [2.45, 2.75) is 26.7 Å². The van der Waals surface area contributed by atoms with Crippen LogP contribution in [-0.4, -0.2) is 5.78 Å². The molecular weight excluding hydrogens is 160 g/mol. The average Bonchev–Trinajstić information content (AvgIpc) is 2.15. The lowest BCUT2D eigenvalue weighted by Crippen LogP contribution is -2.07. The molecule has 0 aliphatic heterocycles. The van der Waals surface area contributed by atoms with E-state index in [0.717, 1.165) is 12.8 Å². The monoisotopic (exact) mass is 176 g/mol. The Hall–Kier alpha value is -1.11. The molecule has 0 N–H and O–H groups in total. The zero-order chi connectivity index (χ0) is 9.68. The van der Waals surface area contributed by atoms with Gasteiger partial charge in [0.15, 0.2) is 0 Å². The lowest BCUT2D eigenvalue weighted by Gasteiger charge is -2.06. The summed E-state index contributed by atoms with van der Waals surface area (Å²) < 4.78 is 0. The first kappa shape index (κ1) is 9.97. The van der Waals surface area contributed by atoms with Crippen molar-refractivity contribution in [1.82, 2.24) is 0 Å². The van der Waals surface area contributed by atoms with Crippen molar-refractivity contribution in [2.75, 3.05) is 0 Å². The highest BCUT2D eigenvalue weighted by Crippen LogP contribution is 2.09.